The zero-order chi connectivity index (χ0) is 14.0. The van der Waals surface area contributed by atoms with Crippen LogP contribution < -0.4 is 9.47 Å². The summed E-state index contributed by atoms with van der Waals surface area (Å²) in [6, 6.07) is 3.19. The van der Waals surface area contributed by atoms with Crippen LogP contribution in [0.3, 0.4) is 0 Å². The number of rotatable bonds is 3. The van der Waals surface area contributed by atoms with E-state index in [9.17, 15) is 9.59 Å². The molecule has 0 bridgehead atoms. The van der Waals surface area contributed by atoms with E-state index in [0.29, 0.717) is 30.3 Å². The molecule has 0 radical (unpaired) electrons. The first-order chi connectivity index (χ1) is 9.00. The zero-order valence-corrected chi connectivity index (χ0v) is 10.9. The van der Waals surface area contributed by atoms with Gasteiger partial charge in [-0.2, -0.15) is 0 Å². The highest BCUT2D eigenvalue weighted by atomic mass is 16.5. The molecule has 102 valence electrons. The molecule has 1 heterocycles. The van der Waals surface area contributed by atoms with Crippen LogP contribution in [-0.4, -0.2) is 30.1 Å². The number of carbonyl (C=O) groups excluding carboxylic acids is 1. The Hall–Kier alpha value is -2.04. The van der Waals surface area contributed by atoms with E-state index in [1.54, 1.807) is 6.07 Å². The first kappa shape index (κ1) is 13.4. The van der Waals surface area contributed by atoms with Crippen molar-refractivity contribution in [3.63, 3.8) is 0 Å². The van der Waals surface area contributed by atoms with E-state index in [-0.39, 0.29) is 11.5 Å². The van der Waals surface area contributed by atoms with Gasteiger partial charge in [-0.05, 0) is 23.6 Å². The largest absolute Gasteiger partial charge is 0.490 e. The summed E-state index contributed by atoms with van der Waals surface area (Å²) in [5.74, 6) is -1.35. The maximum absolute atomic E-state index is 11.7. The lowest BCUT2D eigenvalue weighted by Crippen LogP contribution is -2.16. The zero-order valence-electron chi connectivity index (χ0n) is 10.9. The number of carbonyl (C=O) groups is 2. The fourth-order valence-electron chi connectivity index (χ4n) is 2.01. The Morgan fingerprint density at radius 1 is 1.16 bits per heavy atom. The van der Waals surface area contributed by atoms with Crippen molar-refractivity contribution in [2.24, 2.45) is 0 Å². The molecule has 1 aliphatic heterocycles. The van der Waals surface area contributed by atoms with Crippen molar-refractivity contribution in [1.82, 2.24) is 0 Å². The maximum Gasteiger partial charge on any atom is 0.377 e. The Labute approximate surface area is 111 Å². The molecule has 0 unspecified atom stereocenters. The lowest BCUT2D eigenvalue weighted by Gasteiger charge is -2.15. The molecule has 0 saturated heterocycles. The molecule has 1 aliphatic rings. The Bertz CT molecular complexity index is 519. The highest BCUT2D eigenvalue weighted by molar-refractivity contribution is 6.40. The third-order valence-electron chi connectivity index (χ3n) is 2.98. The van der Waals surface area contributed by atoms with Crippen LogP contribution in [0.4, 0.5) is 0 Å². The van der Waals surface area contributed by atoms with Crippen molar-refractivity contribution in [3.05, 3.63) is 23.3 Å². The Morgan fingerprint density at radius 2 is 1.74 bits per heavy atom. The number of benzene rings is 1. The van der Waals surface area contributed by atoms with Crippen molar-refractivity contribution in [2.45, 2.75) is 26.2 Å². The Balaban J connectivity index is 2.55. The molecule has 0 amide bonds. The van der Waals surface area contributed by atoms with Gasteiger partial charge in [0.05, 0.1) is 13.2 Å². The third-order valence-corrected chi connectivity index (χ3v) is 2.98. The fraction of sp³-hybridized carbons (Fsp3) is 0.429. The summed E-state index contributed by atoms with van der Waals surface area (Å²) in [5.41, 5.74) is 0.836. The summed E-state index contributed by atoms with van der Waals surface area (Å²) in [4.78, 5) is 22.6. The maximum atomic E-state index is 11.7. The van der Waals surface area contributed by atoms with Crippen LogP contribution in [0, 0.1) is 0 Å². The number of aliphatic carboxylic acids is 1. The number of hydrogen-bond donors (Lipinski definition) is 1. The van der Waals surface area contributed by atoms with Crippen molar-refractivity contribution in [3.8, 4) is 11.5 Å². The van der Waals surface area contributed by atoms with Crippen LogP contribution in [0.2, 0.25) is 0 Å². The molecule has 5 nitrogen and oxygen atoms in total. The van der Waals surface area contributed by atoms with Gasteiger partial charge in [-0.15, -0.1) is 0 Å². The molecule has 0 spiro atoms. The molecule has 19 heavy (non-hydrogen) atoms. The highest BCUT2D eigenvalue weighted by Crippen LogP contribution is 2.35. The second-order valence-electron chi connectivity index (χ2n) is 4.73. The van der Waals surface area contributed by atoms with Crippen molar-refractivity contribution in [1.29, 1.82) is 0 Å². The summed E-state index contributed by atoms with van der Waals surface area (Å²) in [5, 5.41) is 8.88. The summed E-state index contributed by atoms with van der Waals surface area (Å²) < 4.78 is 11.0. The molecule has 0 aliphatic carbocycles. The number of ether oxygens (including phenoxy) is 2. The minimum Gasteiger partial charge on any atom is -0.490 e. The molecule has 0 atom stereocenters. The van der Waals surface area contributed by atoms with Gasteiger partial charge in [-0.25, -0.2) is 4.79 Å². The second kappa shape index (κ2) is 5.30. The van der Waals surface area contributed by atoms with Crippen LogP contribution in [0.1, 0.15) is 42.1 Å². The fourth-order valence-corrected chi connectivity index (χ4v) is 2.01. The molecular formula is C14H16O5. The topological polar surface area (TPSA) is 72.8 Å². The SMILES string of the molecule is CC(C)c1cc2c(cc1C(=O)C(=O)O)OCCCO2. The second-order valence-corrected chi connectivity index (χ2v) is 4.73. The number of Topliss-reactive ketones (excluding diaryl/α,β-unsaturated/α-hetero) is 1. The van der Waals surface area contributed by atoms with Crippen LogP contribution >= 0.6 is 0 Å². The van der Waals surface area contributed by atoms with E-state index >= 15 is 0 Å². The average Bonchev–Trinajstić information content (AvgIpc) is 2.60. The predicted octanol–water partition coefficient (Wildman–Crippen LogP) is 2.24. The van der Waals surface area contributed by atoms with Gasteiger partial charge < -0.3 is 14.6 Å². The summed E-state index contributed by atoms with van der Waals surface area (Å²) in [6.07, 6.45) is 0.758. The van der Waals surface area contributed by atoms with Crippen molar-refractivity contribution in [2.75, 3.05) is 13.2 Å². The highest BCUT2D eigenvalue weighted by Gasteiger charge is 2.24. The lowest BCUT2D eigenvalue weighted by atomic mass is 9.94. The van der Waals surface area contributed by atoms with E-state index < -0.39 is 11.8 Å². The van der Waals surface area contributed by atoms with Crippen LogP contribution in [0.15, 0.2) is 12.1 Å². The Kier molecular flexibility index (Phi) is 3.74. The van der Waals surface area contributed by atoms with E-state index in [1.165, 1.54) is 6.07 Å². The van der Waals surface area contributed by atoms with Gasteiger partial charge in [-0.1, -0.05) is 13.8 Å². The van der Waals surface area contributed by atoms with Gasteiger partial charge in [-0.3, -0.25) is 4.79 Å². The van der Waals surface area contributed by atoms with Crippen molar-refractivity contribution >= 4 is 11.8 Å². The lowest BCUT2D eigenvalue weighted by molar-refractivity contribution is -0.131. The predicted molar refractivity (Wildman–Crippen MR) is 68.1 cm³/mol. The number of hydrogen-bond acceptors (Lipinski definition) is 4. The van der Waals surface area contributed by atoms with Gasteiger partial charge in [0.25, 0.3) is 5.78 Å². The number of carboxylic acids is 1. The van der Waals surface area contributed by atoms with Gasteiger partial charge in [0, 0.05) is 12.0 Å². The van der Waals surface area contributed by atoms with Gasteiger partial charge in [0.1, 0.15) is 0 Å². The molecule has 5 heteroatoms. The Morgan fingerprint density at radius 3 is 2.26 bits per heavy atom. The summed E-state index contributed by atoms with van der Waals surface area (Å²) in [6.45, 7) is 4.85. The summed E-state index contributed by atoms with van der Waals surface area (Å²) >= 11 is 0. The van der Waals surface area contributed by atoms with E-state index in [4.69, 9.17) is 14.6 Å². The first-order valence-corrected chi connectivity index (χ1v) is 6.22. The molecule has 0 fully saturated rings. The van der Waals surface area contributed by atoms with Gasteiger partial charge in [0.2, 0.25) is 0 Å². The molecule has 0 saturated carbocycles. The molecule has 2 rings (SSSR count). The number of fused-ring (bicyclic) bond motifs is 1. The van der Waals surface area contributed by atoms with Crippen LogP contribution in [0.5, 0.6) is 11.5 Å². The number of ketones is 1. The molecule has 1 N–H and O–H groups in total. The smallest absolute Gasteiger partial charge is 0.377 e. The molecule has 1 aromatic carbocycles. The van der Waals surface area contributed by atoms with Crippen molar-refractivity contribution < 1.29 is 24.2 Å². The van der Waals surface area contributed by atoms with E-state index in [1.807, 2.05) is 13.8 Å². The normalized spacial score (nSPS) is 14.1. The minimum atomic E-state index is -1.46. The summed E-state index contributed by atoms with van der Waals surface area (Å²) in [7, 11) is 0. The molecule has 0 aromatic heterocycles. The van der Waals surface area contributed by atoms with Gasteiger partial charge >= 0.3 is 5.97 Å². The average molecular weight is 264 g/mol. The van der Waals surface area contributed by atoms with Crippen LogP contribution in [-0.2, 0) is 4.79 Å². The molecular weight excluding hydrogens is 248 g/mol. The van der Waals surface area contributed by atoms with E-state index in [0.717, 1.165) is 6.42 Å². The monoisotopic (exact) mass is 264 g/mol. The van der Waals surface area contributed by atoms with Gasteiger partial charge in [0.15, 0.2) is 11.5 Å². The quantitative estimate of drug-likeness (QED) is 0.669. The third kappa shape index (κ3) is 2.70. The standard InChI is InChI=1S/C14H16O5/c1-8(2)9-6-11-12(19-5-3-4-18-11)7-10(9)13(15)14(16)17/h6-8H,3-5H2,1-2H3,(H,16,17). The number of carboxylic acid groups (broad SMARTS) is 1. The van der Waals surface area contributed by atoms with Crippen LogP contribution in [0.25, 0.3) is 0 Å². The molecule has 1 aromatic rings. The minimum absolute atomic E-state index is 0.0236. The first-order valence-electron chi connectivity index (χ1n) is 6.22. The van der Waals surface area contributed by atoms with E-state index in [2.05, 4.69) is 0 Å².